The summed E-state index contributed by atoms with van der Waals surface area (Å²) in [6, 6.07) is 3.83. The molecular formula is C18H31F3IN5O. The second kappa shape index (κ2) is 11.9. The van der Waals surface area contributed by atoms with E-state index in [1.54, 1.807) is 13.3 Å². The van der Waals surface area contributed by atoms with Crippen molar-refractivity contribution in [3.8, 4) is 0 Å². The quantitative estimate of drug-likeness (QED) is 0.316. The maximum absolute atomic E-state index is 12.5. The van der Waals surface area contributed by atoms with Crippen molar-refractivity contribution < 1.29 is 17.6 Å². The number of guanidine groups is 1. The van der Waals surface area contributed by atoms with E-state index in [4.69, 9.17) is 4.42 Å². The number of likely N-dealkylation sites (N-methyl/N-ethyl adjacent to an activating group) is 1. The molecule has 10 heteroatoms. The molecule has 1 saturated heterocycles. The highest BCUT2D eigenvalue weighted by molar-refractivity contribution is 14.0. The van der Waals surface area contributed by atoms with Crippen LogP contribution >= 0.6 is 24.0 Å². The molecule has 0 aromatic carbocycles. The molecular weight excluding hydrogens is 486 g/mol. The van der Waals surface area contributed by atoms with Crippen molar-refractivity contribution in [1.82, 2.24) is 20.4 Å². The van der Waals surface area contributed by atoms with E-state index in [0.29, 0.717) is 32.0 Å². The van der Waals surface area contributed by atoms with Crippen molar-refractivity contribution in [1.29, 1.82) is 0 Å². The van der Waals surface area contributed by atoms with Gasteiger partial charge >= 0.3 is 6.18 Å². The molecule has 0 saturated carbocycles. The van der Waals surface area contributed by atoms with E-state index in [1.165, 1.54) is 4.90 Å². The van der Waals surface area contributed by atoms with Gasteiger partial charge in [0.05, 0.1) is 18.8 Å². The van der Waals surface area contributed by atoms with Crippen LogP contribution < -0.4 is 10.6 Å². The number of likely N-dealkylation sites (tertiary alicyclic amines) is 1. The van der Waals surface area contributed by atoms with Crippen LogP contribution in [0.2, 0.25) is 0 Å². The zero-order valence-electron chi connectivity index (χ0n) is 16.6. The maximum Gasteiger partial charge on any atom is 0.401 e. The van der Waals surface area contributed by atoms with Crippen molar-refractivity contribution in [2.75, 3.05) is 46.3 Å². The first-order valence-corrected chi connectivity index (χ1v) is 9.40. The average molecular weight is 517 g/mol. The van der Waals surface area contributed by atoms with Gasteiger partial charge in [0.1, 0.15) is 5.76 Å². The predicted octanol–water partition coefficient (Wildman–Crippen LogP) is 3.08. The van der Waals surface area contributed by atoms with Gasteiger partial charge in [0.25, 0.3) is 0 Å². The minimum Gasteiger partial charge on any atom is -0.468 e. The molecule has 2 atom stereocenters. The Bertz CT molecular complexity index is 578. The zero-order chi connectivity index (χ0) is 19.9. The number of halogens is 4. The summed E-state index contributed by atoms with van der Waals surface area (Å²) in [6.07, 6.45) is -1.84. The summed E-state index contributed by atoms with van der Waals surface area (Å²) in [5.74, 6) is 1.47. The highest BCUT2D eigenvalue weighted by atomic mass is 127. The summed E-state index contributed by atoms with van der Waals surface area (Å²) < 4.78 is 43.2. The van der Waals surface area contributed by atoms with Gasteiger partial charge in [-0.1, -0.05) is 13.8 Å². The van der Waals surface area contributed by atoms with Crippen molar-refractivity contribution in [2.45, 2.75) is 38.5 Å². The molecule has 0 bridgehead atoms. The third-order valence-electron chi connectivity index (χ3n) is 4.83. The van der Waals surface area contributed by atoms with E-state index in [2.05, 4.69) is 34.4 Å². The van der Waals surface area contributed by atoms with E-state index in [9.17, 15) is 13.2 Å². The Kier molecular flexibility index (Phi) is 10.6. The first kappa shape index (κ1) is 25.0. The fourth-order valence-corrected chi connectivity index (χ4v) is 3.48. The summed E-state index contributed by atoms with van der Waals surface area (Å²) in [6.45, 7) is 6.48. The Labute approximate surface area is 181 Å². The molecule has 0 aliphatic carbocycles. The first-order chi connectivity index (χ1) is 12.9. The number of nitrogens with zero attached hydrogens (tertiary/aromatic N) is 3. The molecule has 1 aromatic rings. The molecule has 0 radical (unpaired) electrons. The smallest absolute Gasteiger partial charge is 0.401 e. The normalized spacial score (nSPS) is 19.5. The largest absolute Gasteiger partial charge is 0.468 e. The van der Waals surface area contributed by atoms with Crippen LogP contribution in [0.1, 0.15) is 32.1 Å². The lowest BCUT2D eigenvalue weighted by molar-refractivity contribution is -0.143. The van der Waals surface area contributed by atoms with Crippen LogP contribution in [-0.4, -0.2) is 74.3 Å². The fraction of sp³-hybridized carbons (Fsp3) is 0.722. The van der Waals surface area contributed by atoms with Crippen LogP contribution in [0.25, 0.3) is 0 Å². The molecule has 28 heavy (non-hydrogen) atoms. The lowest BCUT2D eigenvalue weighted by Crippen LogP contribution is -2.47. The fourth-order valence-electron chi connectivity index (χ4n) is 3.48. The van der Waals surface area contributed by atoms with Gasteiger partial charge in [-0.3, -0.25) is 14.8 Å². The van der Waals surface area contributed by atoms with Gasteiger partial charge in [-0.15, -0.1) is 24.0 Å². The molecule has 1 aliphatic rings. The van der Waals surface area contributed by atoms with E-state index >= 15 is 0 Å². The number of nitrogens with one attached hydrogen (secondary N) is 2. The number of hydrogen-bond donors (Lipinski definition) is 2. The molecule has 162 valence electrons. The zero-order valence-corrected chi connectivity index (χ0v) is 19.0. The Hall–Kier alpha value is -1.01. The van der Waals surface area contributed by atoms with Gasteiger partial charge in [0.15, 0.2) is 5.96 Å². The van der Waals surface area contributed by atoms with Crippen LogP contribution in [0.3, 0.4) is 0 Å². The van der Waals surface area contributed by atoms with Crippen molar-refractivity contribution in [3.63, 3.8) is 0 Å². The number of rotatable bonds is 8. The first-order valence-electron chi connectivity index (χ1n) is 9.40. The number of furan rings is 1. The van der Waals surface area contributed by atoms with E-state index in [0.717, 1.165) is 18.8 Å². The van der Waals surface area contributed by atoms with Gasteiger partial charge in [-0.2, -0.15) is 13.2 Å². The molecule has 0 spiro atoms. The second-order valence-corrected chi connectivity index (χ2v) is 6.69. The molecule has 2 rings (SSSR count). The summed E-state index contributed by atoms with van der Waals surface area (Å²) in [7, 11) is 1.66. The van der Waals surface area contributed by atoms with E-state index in [-0.39, 0.29) is 36.1 Å². The Morgan fingerprint density at radius 3 is 2.64 bits per heavy atom. The highest BCUT2D eigenvalue weighted by Crippen LogP contribution is 2.21. The number of aliphatic imine (C=N–C) groups is 1. The molecule has 6 nitrogen and oxygen atoms in total. The Morgan fingerprint density at radius 2 is 2.11 bits per heavy atom. The molecule has 1 aliphatic heterocycles. The number of hydrogen-bond acceptors (Lipinski definition) is 4. The SMILES string of the molecule is CCN(CC)C(CNC(=NC)NC1CCN(CC(F)(F)F)C1)c1ccco1.I. The van der Waals surface area contributed by atoms with E-state index < -0.39 is 12.7 Å². The third kappa shape index (κ3) is 7.78. The average Bonchev–Trinajstić information content (AvgIpc) is 3.28. The second-order valence-electron chi connectivity index (χ2n) is 6.69. The summed E-state index contributed by atoms with van der Waals surface area (Å²) in [5, 5.41) is 6.53. The Morgan fingerprint density at radius 1 is 1.39 bits per heavy atom. The van der Waals surface area contributed by atoms with Crippen LogP contribution in [0.5, 0.6) is 0 Å². The van der Waals surface area contributed by atoms with Gasteiger partial charge in [-0.05, 0) is 31.6 Å². The van der Waals surface area contributed by atoms with Crippen LogP contribution in [0.4, 0.5) is 13.2 Å². The molecule has 1 fully saturated rings. The summed E-state index contributed by atoms with van der Waals surface area (Å²) in [4.78, 5) is 7.92. The standard InChI is InChI=1S/C18H30F3N5O.HI/c1-4-26(5-2)15(16-7-6-10-27-16)11-23-17(22-3)24-14-8-9-25(12-14)13-18(19,20)21;/h6-7,10,14-15H,4-5,8-9,11-13H2,1-3H3,(H2,22,23,24);1H. The predicted molar refractivity (Wildman–Crippen MR) is 115 cm³/mol. The lowest BCUT2D eigenvalue weighted by Gasteiger charge is -2.29. The minimum absolute atomic E-state index is 0. The van der Waals surface area contributed by atoms with Gasteiger partial charge in [0.2, 0.25) is 0 Å². The molecule has 2 heterocycles. The summed E-state index contributed by atoms with van der Waals surface area (Å²) >= 11 is 0. The minimum atomic E-state index is -4.16. The van der Waals surface area contributed by atoms with Crippen molar-refractivity contribution >= 4 is 29.9 Å². The van der Waals surface area contributed by atoms with Crippen LogP contribution in [0, 0.1) is 0 Å². The Balaban J connectivity index is 0.00000392. The molecule has 1 aromatic heterocycles. The van der Waals surface area contributed by atoms with Gasteiger partial charge in [-0.25, -0.2) is 0 Å². The topological polar surface area (TPSA) is 56.0 Å². The molecule has 2 N–H and O–H groups in total. The van der Waals surface area contributed by atoms with Crippen molar-refractivity contribution in [3.05, 3.63) is 24.2 Å². The maximum atomic E-state index is 12.5. The molecule has 2 unspecified atom stereocenters. The molecule has 0 amide bonds. The summed E-state index contributed by atoms with van der Waals surface area (Å²) in [5.41, 5.74) is 0. The van der Waals surface area contributed by atoms with Gasteiger partial charge in [0, 0.05) is 32.7 Å². The van der Waals surface area contributed by atoms with Gasteiger partial charge < -0.3 is 15.1 Å². The van der Waals surface area contributed by atoms with Crippen molar-refractivity contribution in [2.24, 2.45) is 4.99 Å². The highest BCUT2D eigenvalue weighted by Gasteiger charge is 2.34. The third-order valence-corrected chi connectivity index (χ3v) is 4.83. The van der Waals surface area contributed by atoms with Crippen LogP contribution in [0.15, 0.2) is 27.8 Å². The van der Waals surface area contributed by atoms with Crippen LogP contribution in [-0.2, 0) is 0 Å². The van der Waals surface area contributed by atoms with E-state index in [1.807, 2.05) is 12.1 Å². The monoisotopic (exact) mass is 517 g/mol. The number of alkyl halides is 3. The lowest BCUT2D eigenvalue weighted by atomic mass is 10.2.